The Kier molecular flexibility index (Phi) is 9.51. The molecule has 0 aliphatic carbocycles. The molecule has 1 unspecified atom stereocenters. The van der Waals surface area contributed by atoms with Gasteiger partial charge in [-0.15, -0.1) is 0 Å². The summed E-state index contributed by atoms with van der Waals surface area (Å²) in [7, 11) is 3.50. The van der Waals surface area contributed by atoms with E-state index in [4.69, 9.17) is 22.1 Å². The van der Waals surface area contributed by atoms with E-state index < -0.39 is 11.8 Å². The number of halogens is 3. The summed E-state index contributed by atoms with van der Waals surface area (Å²) in [4.78, 5) is 13.7. The summed E-state index contributed by atoms with van der Waals surface area (Å²) < 4.78 is 35.1. The number of amides is 2. The molecule has 12 heteroatoms. The molecule has 0 spiro atoms. The average molecular weight is 572 g/mol. The van der Waals surface area contributed by atoms with Gasteiger partial charge >= 0.3 is 6.03 Å². The zero-order valence-electron chi connectivity index (χ0n) is 22.6. The maximum Gasteiger partial charge on any atom is 0.317 e. The molecule has 1 aliphatic rings. The van der Waals surface area contributed by atoms with Gasteiger partial charge in [0.05, 0.1) is 17.8 Å². The molecule has 0 radical (unpaired) electrons. The Morgan fingerprint density at radius 2 is 1.98 bits per heavy atom. The van der Waals surface area contributed by atoms with Crippen LogP contribution in [0.15, 0.2) is 54.9 Å². The molecule has 0 saturated carbocycles. The number of carbonyl (C=O) groups excluding carboxylic acids is 1. The number of carbonyl (C=O) groups is 1. The first-order chi connectivity index (χ1) is 19.2. The maximum absolute atomic E-state index is 14.4. The van der Waals surface area contributed by atoms with Crippen LogP contribution >= 0.6 is 11.6 Å². The lowest BCUT2D eigenvalue weighted by atomic mass is 9.99. The van der Waals surface area contributed by atoms with E-state index >= 15 is 0 Å². The second-order valence-corrected chi connectivity index (χ2v) is 9.94. The van der Waals surface area contributed by atoms with E-state index in [1.807, 2.05) is 12.1 Å². The lowest BCUT2D eigenvalue weighted by Gasteiger charge is -2.15. The zero-order valence-corrected chi connectivity index (χ0v) is 23.3. The Bertz CT molecular complexity index is 1460. The number of methoxy groups -OCH3 is 1. The number of anilines is 1. The van der Waals surface area contributed by atoms with Crippen molar-refractivity contribution in [3.8, 4) is 16.9 Å². The molecule has 40 heavy (non-hydrogen) atoms. The molecule has 1 atom stereocenters. The minimum Gasteiger partial charge on any atom is -0.383 e. The molecule has 5 rings (SSSR count). The van der Waals surface area contributed by atoms with Crippen LogP contribution in [-0.4, -0.2) is 63.8 Å². The molecule has 2 aromatic carbocycles. The quantitative estimate of drug-likeness (QED) is 0.320. The van der Waals surface area contributed by atoms with Crippen molar-refractivity contribution in [1.82, 2.24) is 24.5 Å². The van der Waals surface area contributed by atoms with Crippen molar-refractivity contribution < 1.29 is 18.3 Å². The molecule has 3 heterocycles. The van der Waals surface area contributed by atoms with Crippen LogP contribution in [-0.2, 0) is 11.8 Å². The van der Waals surface area contributed by atoms with Crippen LogP contribution in [0.4, 0.5) is 19.4 Å². The predicted molar refractivity (Wildman–Crippen MR) is 151 cm³/mol. The number of rotatable bonds is 7. The first-order valence-corrected chi connectivity index (χ1v) is 13.1. The van der Waals surface area contributed by atoms with Crippen LogP contribution in [0, 0.1) is 18.6 Å². The van der Waals surface area contributed by atoms with Crippen LogP contribution in [0.5, 0.6) is 0 Å². The Balaban J connectivity index is 0.000000201. The second-order valence-electron chi connectivity index (χ2n) is 9.53. The van der Waals surface area contributed by atoms with Gasteiger partial charge in [-0.3, -0.25) is 10.00 Å². The normalized spacial score (nSPS) is 15.1. The summed E-state index contributed by atoms with van der Waals surface area (Å²) in [5.41, 5.74) is 8.48. The van der Waals surface area contributed by atoms with Crippen LogP contribution < -0.4 is 11.1 Å². The number of likely N-dealkylation sites (tertiary alicyclic amines) is 1. The molecule has 1 saturated heterocycles. The van der Waals surface area contributed by atoms with E-state index in [2.05, 4.69) is 20.4 Å². The van der Waals surface area contributed by atoms with Crippen LogP contribution in [0.25, 0.3) is 16.9 Å². The lowest BCUT2D eigenvalue weighted by Crippen LogP contribution is -2.24. The third-order valence-corrected chi connectivity index (χ3v) is 7.02. The fourth-order valence-electron chi connectivity index (χ4n) is 4.67. The Morgan fingerprint density at radius 1 is 1.23 bits per heavy atom. The van der Waals surface area contributed by atoms with Gasteiger partial charge in [0.1, 0.15) is 23.0 Å². The lowest BCUT2D eigenvalue weighted by molar-refractivity contribution is 0.160. The minimum atomic E-state index is -0.778. The number of ether oxygens (including phenoxy) is 1. The molecular weight excluding hydrogens is 540 g/mol. The summed E-state index contributed by atoms with van der Waals surface area (Å²) >= 11 is 5.85. The van der Waals surface area contributed by atoms with Crippen LogP contribution in [0.3, 0.4) is 0 Å². The molecule has 2 amide bonds. The highest BCUT2D eigenvalue weighted by Gasteiger charge is 2.23. The topological polar surface area (TPSA) is 103 Å². The largest absolute Gasteiger partial charge is 0.383 e. The van der Waals surface area contributed by atoms with Crippen molar-refractivity contribution in [2.24, 2.45) is 12.8 Å². The number of aromatic nitrogens is 4. The monoisotopic (exact) mass is 571 g/mol. The Labute approximate surface area is 236 Å². The molecule has 0 bridgehead atoms. The van der Waals surface area contributed by atoms with E-state index in [9.17, 15) is 13.6 Å². The van der Waals surface area contributed by atoms with E-state index in [0.717, 1.165) is 38.2 Å². The Hall–Kier alpha value is -3.80. The number of aryl methyl sites for hydroxylation is 1. The first kappa shape index (κ1) is 29.2. The predicted octanol–water partition coefficient (Wildman–Crippen LogP) is 5.13. The van der Waals surface area contributed by atoms with E-state index in [0.29, 0.717) is 17.2 Å². The van der Waals surface area contributed by atoms with Crippen molar-refractivity contribution in [2.75, 3.05) is 38.7 Å². The fourth-order valence-corrected chi connectivity index (χ4v) is 4.84. The Morgan fingerprint density at radius 3 is 2.62 bits per heavy atom. The molecule has 3 N–H and O–H groups in total. The van der Waals surface area contributed by atoms with Crippen molar-refractivity contribution in [2.45, 2.75) is 19.3 Å². The van der Waals surface area contributed by atoms with Gasteiger partial charge in [-0.05, 0) is 55.6 Å². The van der Waals surface area contributed by atoms with Crippen molar-refractivity contribution in [1.29, 1.82) is 0 Å². The zero-order chi connectivity index (χ0) is 28.8. The number of nitrogens with two attached hydrogens (primary N) is 1. The fraction of sp³-hybridized carbons (Fsp3) is 0.321. The van der Waals surface area contributed by atoms with Gasteiger partial charge < -0.3 is 15.4 Å². The number of hydrogen-bond acceptors (Lipinski definition) is 5. The summed E-state index contributed by atoms with van der Waals surface area (Å²) in [5, 5.41) is 11.0. The van der Waals surface area contributed by atoms with Gasteiger partial charge in [-0.2, -0.15) is 10.2 Å². The minimum absolute atomic E-state index is 0.0476. The smallest absolute Gasteiger partial charge is 0.317 e. The molecule has 2 aromatic heterocycles. The standard InChI is InChI=1S/C15H14ClFN6O.C13H18FNO/c1-8-13(9-6-19-22(2)7-9)21-23(14(8)20-15(18)24)11-5-3-4-10(16)12(11)17;1-16-9-8-15-7-6-12(10-15)11-2-4-13(14)5-3-11/h3-7H,1-2H3,(H3,18,20,24);2-5,12H,6-10H2,1H3. The highest BCUT2D eigenvalue weighted by atomic mass is 35.5. The van der Waals surface area contributed by atoms with Gasteiger partial charge in [0, 0.05) is 44.6 Å². The van der Waals surface area contributed by atoms with Gasteiger partial charge in [-0.1, -0.05) is 29.8 Å². The van der Waals surface area contributed by atoms with Gasteiger partial charge in [0.2, 0.25) is 0 Å². The van der Waals surface area contributed by atoms with Gasteiger partial charge in [0.25, 0.3) is 0 Å². The number of nitrogens with one attached hydrogen (secondary N) is 1. The first-order valence-electron chi connectivity index (χ1n) is 12.7. The third-order valence-electron chi connectivity index (χ3n) is 6.73. The number of hydrogen-bond donors (Lipinski definition) is 2. The second kappa shape index (κ2) is 13.0. The molecule has 4 aromatic rings. The summed E-state index contributed by atoms with van der Waals surface area (Å²) in [6.45, 7) is 5.71. The van der Waals surface area contributed by atoms with E-state index in [1.54, 1.807) is 56.4 Å². The number of urea groups is 1. The third kappa shape index (κ3) is 6.85. The summed E-state index contributed by atoms with van der Waals surface area (Å²) in [6.07, 6.45) is 4.56. The van der Waals surface area contributed by atoms with Crippen LogP contribution in [0.1, 0.15) is 23.5 Å². The van der Waals surface area contributed by atoms with E-state index in [1.165, 1.54) is 22.4 Å². The summed E-state index contributed by atoms with van der Waals surface area (Å²) in [5.74, 6) is 0.0184. The average Bonchev–Trinajstić information content (AvgIpc) is 3.65. The van der Waals surface area contributed by atoms with Gasteiger partial charge in [0.15, 0.2) is 5.82 Å². The molecule has 1 fully saturated rings. The molecule has 1 aliphatic heterocycles. The maximum atomic E-state index is 14.4. The number of nitrogens with zero attached hydrogens (tertiary/aromatic N) is 5. The highest BCUT2D eigenvalue weighted by Crippen LogP contribution is 2.32. The summed E-state index contributed by atoms with van der Waals surface area (Å²) in [6, 6.07) is 10.7. The molecular formula is C28H32ClF2N7O2. The van der Waals surface area contributed by atoms with Crippen molar-refractivity contribution >= 4 is 23.4 Å². The highest BCUT2D eigenvalue weighted by molar-refractivity contribution is 6.30. The molecule has 212 valence electrons. The van der Waals surface area contributed by atoms with Crippen LogP contribution in [0.2, 0.25) is 5.02 Å². The SMILES string of the molecule is COCCN1CCC(c2ccc(F)cc2)C1.Cc1c(-c2cnn(C)c2)nn(-c2cccc(Cl)c2F)c1NC(N)=O. The van der Waals surface area contributed by atoms with Crippen molar-refractivity contribution in [3.05, 3.63) is 82.6 Å². The number of benzene rings is 2. The van der Waals surface area contributed by atoms with Gasteiger partial charge in [-0.25, -0.2) is 18.3 Å². The van der Waals surface area contributed by atoms with Crippen molar-refractivity contribution in [3.63, 3.8) is 0 Å². The number of primary amides is 1. The van der Waals surface area contributed by atoms with E-state index in [-0.39, 0.29) is 22.3 Å². The molecule has 9 nitrogen and oxygen atoms in total.